The van der Waals surface area contributed by atoms with Crippen LogP contribution in [0.15, 0.2) is 24.3 Å². The molecule has 29 heteroatoms. The molecule has 0 radical (unpaired) electrons. The standard InChI is InChI=1S/C47H77N9O20/c1-22(2)18-31(42(69)50-28(13-15-35(64)65)40(67)52-30(47(74)75)8-6-7-17-48)54-45(72)38(24(4)59)56-46(73)39(25(5)60)55-41(68)29(14-16-36(66)76-21-34(63)33(62)20-57)51-43(70)32(53-44(71)37(49)23(3)58)19-26-9-11-27(61)12-10-26/h9-12,22-25,28-34,37-39,57-63H,6-8,13-21,48-49H2,1-5H3,(H,50,69)(H,51,70)(H,52,67)(H,53,71)(H,54,72)(H,55,68)(H,56,73)(H,64,65)(H,74,75)/t23-,24-,25-,28+,29+,30+,31+,32+,33?,34?,37+,38+,39+/m1/s1. The van der Waals surface area contributed by atoms with Crippen LogP contribution in [0.25, 0.3) is 0 Å². The summed E-state index contributed by atoms with van der Waals surface area (Å²) >= 11 is 0. The molecule has 76 heavy (non-hydrogen) atoms. The number of carbonyl (C=O) groups is 10. The first-order valence-electron chi connectivity index (χ1n) is 24.5. The molecule has 0 fully saturated rings. The summed E-state index contributed by atoms with van der Waals surface area (Å²) in [5.41, 5.74) is 11.6. The second-order valence-corrected chi connectivity index (χ2v) is 18.6. The van der Waals surface area contributed by atoms with Gasteiger partial charge in [0.2, 0.25) is 41.4 Å². The largest absolute Gasteiger partial charge is 0.508 e. The molecule has 2 unspecified atom stereocenters. The average Bonchev–Trinajstić information content (AvgIpc) is 3.34. The molecule has 1 rings (SSSR count). The van der Waals surface area contributed by atoms with Crippen molar-refractivity contribution in [2.45, 2.75) is 171 Å². The molecule has 20 N–H and O–H groups in total. The molecular weight excluding hydrogens is 1010 g/mol. The van der Waals surface area contributed by atoms with E-state index >= 15 is 0 Å². The number of carbonyl (C=O) groups excluding carboxylic acids is 8. The smallest absolute Gasteiger partial charge is 0.326 e. The summed E-state index contributed by atoms with van der Waals surface area (Å²) in [4.78, 5) is 132. The summed E-state index contributed by atoms with van der Waals surface area (Å²) in [6.45, 7) is 5.15. The SMILES string of the molecule is CC(C)C[C@H](NC(=O)[C@@H](NC(=O)[C@@H](NC(=O)[C@H](CCC(=O)OCC(O)C(O)CO)NC(=O)[C@H](Cc1ccc(O)cc1)NC(=O)[C@@H](N)[C@@H](C)O)[C@@H](C)O)[C@@H](C)O)C(=O)N[C@@H](CCC(=O)O)C(=O)N[C@@H](CCCCN)C(=O)O. The van der Waals surface area contributed by atoms with Crippen LogP contribution in [-0.4, -0.2) is 204 Å². The maximum atomic E-state index is 14.1. The van der Waals surface area contributed by atoms with Gasteiger partial charge in [0.1, 0.15) is 72.9 Å². The molecule has 0 aliphatic heterocycles. The van der Waals surface area contributed by atoms with Crippen molar-refractivity contribution in [3.05, 3.63) is 29.8 Å². The molecule has 29 nitrogen and oxygen atoms in total. The summed E-state index contributed by atoms with van der Waals surface area (Å²) in [5.74, 6) is -12.4. The van der Waals surface area contributed by atoms with Crippen LogP contribution in [0.3, 0.4) is 0 Å². The number of phenolic OH excluding ortho intramolecular Hbond substituents is 1. The average molecular weight is 1090 g/mol. The Morgan fingerprint density at radius 3 is 1.50 bits per heavy atom. The van der Waals surface area contributed by atoms with Gasteiger partial charge in [-0.05, 0) is 89.5 Å². The Morgan fingerprint density at radius 1 is 0.553 bits per heavy atom. The van der Waals surface area contributed by atoms with E-state index in [0.717, 1.165) is 13.8 Å². The summed E-state index contributed by atoms with van der Waals surface area (Å²) in [5, 5.41) is 105. The molecule has 13 atom stereocenters. The molecule has 430 valence electrons. The van der Waals surface area contributed by atoms with E-state index in [-0.39, 0.29) is 37.5 Å². The first-order chi connectivity index (χ1) is 35.5. The number of aliphatic hydroxyl groups is 6. The Labute approximate surface area is 438 Å². The molecule has 1 aromatic carbocycles. The molecule has 0 aliphatic carbocycles. The number of amides is 7. The minimum Gasteiger partial charge on any atom is -0.508 e. The number of aromatic hydroxyl groups is 1. The molecule has 0 aliphatic rings. The third kappa shape index (κ3) is 24.8. The number of phenols is 1. The lowest BCUT2D eigenvalue weighted by molar-refractivity contribution is -0.150. The number of benzene rings is 1. The van der Waals surface area contributed by atoms with Gasteiger partial charge in [-0.1, -0.05) is 26.0 Å². The Hall–Kier alpha value is -6.60. The van der Waals surface area contributed by atoms with Gasteiger partial charge in [-0.25, -0.2) is 4.79 Å². The number of rotatable bonds is 36. The number of nitrogens with one attached hydrogen (secondary N) is 7. The van der Waals surface area contributed by atoms with Crippen LogP contribution in [0.2, 0.25) is 0 Å². The normalized spacial score (nSPS) is 16.4. The maximum absolute atomic E-state index is 14.1. The summed E-state index contributed by atoms with van der Waals surface area (Å²) in [6.07, 6.45) is -10.7. The Bertz CT molecular complexity index is 2080. The zero-order valence-electron chi connectivity index (χ0n) is 43.0. The van der Waals surface area contributed by atoms with Gasteiger partial charge in [0.05, 0.1) is 24.9 Å². The van der Waals surface area contributed by atoms with E-state index < -0.39 is 177 Å². The van der Waals surface area contributed by atoms with E-state index in [1.54, 1.807) is 13.8 Å². The number of ether oxygens (including phenoxy) is 1. The van der Waals surface area contributed by atoms with Crippen molar-refractivity contribution in [3.63, 3.8) is 0 Å². The highest BCUT2D eigenvalue weighted by atomic mass is 16.5. The summed E-state index contributed by atoms with van der Waals surface area (Å²) in [6, 6.07) is -8.16. The van der Waals surface area contributed by atoms with E-state index in [1.807, 2.05) is 0 Å². The lowest BCUT2D eigenvalue weighted by Gasteiger charge is -2.30. The zero-order valence-corrected chi connectivity index (χ0v) is 43.0. The van der Waals surface area contributed by atoms with Crippen LogP contribution >= 0.6 is 0 Å². The van der Waals surface area contributed by atoms with Crippen molar-refractivity contribution in [3.8, 4) is 5.75 Å². The van der Waals surface area contributed by atoms with E-state index in [2.05, 4.69) is 37.2 Å². The molecule has 0 bridgehead atoms. The van der Waals surface area contributed by atoms with Crippen molar-refractivity contribution in [2.24, 2.45) is 17.4 Å². The second-order valence-electron chi connectivity index (χ2n) is 18.6. The van der Waals surface area contributed by atoms with Crippen LogP contribution < -0.4 is 48.7 Å². The number of carboxylic acid groups (broad SMARTS) is 2. The summed E-state index contributed by atoms with van der Waals surface area (Å²) in [7, 11) is 0. The highest BCUT2D eigenvalue weighted by molar-refractivity contribution is 5.98. The maximum Gasteiger partial charge on any atom is 0.326 e. The van der Waals surface area contributed by atoms with E-state index in [9.17, 15) is 88.8 Å². The van der Waals surface area contributed by atoms with Gasteiger partial charge in [-0.3, -0.25) is 43.2 Å². The number of nitrogens with two attached hydrogens (primary N) is 2. The zero-order chi connectivity index (χ0) is 58.0. The molecule has 0 saturated carbocycles. The van der Waals surface area contributed by atoms with Crippen LogP contribution in [0.1, 0.15) is 91.5 Å². The van der Waals surface area contributed by atoms with Crippen molar-refractivity contribution in [1.29, 1.82) is 0 Å². The van der Waals surface area contributed by atoms with E-state index in [1.165, 1.54) is 31.2 Å². The fourth-order valence-corrected chi connectivity index (χ4v) is 6.95. The van der Waals surface area contributed by atoms with Crippen LogP contribution in [0, 0.1) is 5.92 Å². The molecule has 0 saturated heterocycles. The third-order valence-corrected chi connectivity index (χ3v) is 11.5. The highest BCUT2D eigenvalue weighted by Crippen LogP contribution is 2.14. The predicted molar refractivity (Wildman–Crippen MR) is 265 cm³/mol. The Kier molecular flexibility index (Phi) is 30.3. The van der Waals surface area contributed by atoms with Crippen molar-refractivity contribution in [1.82, 2.24) is 37.2 Å². The van der Waals surface area contributed by atoms with Gasteiger partial charge in [0.15, 0.2) is 0 Å². The molecule has 0 heterocycles. The van der Waals surface area contributed by atoms with Crippen LogP contribution in [-0.2, 0) is 59.1 Å². The lowest BCUT2D eigenvalue weighted by atomic mass is 10.0. The van der Waals surface area contributed by atoms with Crippen LogP contribution in [0.4, 0.5) is 0 Å². The van der Waals surface area contributed by atoms with E-state index in [0.29, 0.717) is 18.4 Å². The molecule has 1 aromatic rings. The number of hydrogen-bond donors (Lipinski definition) is 18. The number of esters is 1. The molecular formula is C47H77N9O20. The first-order valence-corrected chi connectivity index (χ1v) is 24.5. The third-order valence-electron chi connectivity index (χ3n) is 11.5. The van der Waals surface area contributed by atoms with Gasteiger partial charge in [0, 0.05) is 19.3 Å². The number of aliphatic hydroxyl groups excluding tert-OH is 6. The van der Waals surface area contributed by atoms with Gasteiger partial charge in [-0.2, -0.15) is 0 Å². The van der Waals surface area contributed by atoms with Gasteiger partial charge in [0.25, 0.3) is 0 Å². The topological polar surface area (TPSA) is 498 Å². The van der Waals surface area contributed by atoms with Crippen LogP contribution in [0.5, 0.6) is 5.75 Å². The second kappa shape index (κ2) is 34.1. The fourth-order valence-electron chi connectivity index (χ4n) is 6.95. The van der Waals surface area contributed by atoms with E-state index in [4.69, 9.17) is 21.3 Å². The van der Waals surface area contributed by atoms with Gasteiger partial charge < -0.3 is 99.4 Å². The number of aliphatic carboxylic acids is 2. The quantitative estimate of drug-likeness (QED) is 0.0220. The predicted octanol–water partition coefficient (Wildman–Crippen LogP) is -6.04. The molecule has 7 amide bonds. The van der Waals surface area contributed by atoms with Crippen molar-refractivity contribution in [2.75, 3.05) is 19.8 Å². The highest BCUT2D eigenvalue weighted by Gasteiger charge is 2.38. The number of unbranched alkanes of at least 4 members (excludes halogenated alkanes) is 1. The Morgan fingerprint density at radius 2 is 1.01 bits per heavy atom. The Balaban J connectivity index is 3.55. The lowest BCUT2D eigenvalue weighted by Crippen LogP contribution is -2.63. The molecule has 0 aromatic heterocycles. The van der Waals surface area contributed by atoms with Crippen molar-refractivity contribution < 1.29 is 98.6 Å². The number of carboxylic acids is 2. The minimum atomic E-state index is -2.02. The minimum absolute atomic E-state index is 0.0389. The summed E-state index contributed by atoms with van der Waals surface area (Å²) < 4.78 is 4.92. The first kappa shape index (κ1) is 67.4. The van der Waals surface area contributed by atoms with Gasteiger partial charge in [-0.15, -0.1) is 0 Å². The van der Waals surface area contributed by atoms with Crippen molar-refractivity contribution >= 4 is 59.3 Å². The monoisotopic (exact) mass is 1090 g/mol. The number of hydrogen-bond acceptors (Lipinski definition) is 20. The van der Waals surface area contributed by atoms with Gasteiger partial charge >= 0.3 is 17.9 Å². The fraction of sp³-hybridized carbons (Fsp3) is 0.660. The molecule has 0 spiro atoms.